The van der Waals surface area contributed by atoms with Crippen LogP contribution in [0, 0.1) is 0 Å². The fourth-order valence-electron chi connectivity index (χ4n) is 2.69. The number of rotatable bonds is 2. The van der Waals surface area contributed by atoms with Gasteiger partial charge in [0.15, 0.2) is 0 Å². The summed E-state index contributed by atoms with van der Waals surface area (Å²) in [6, 6.07) is 2.05. The van der Waals surface area contributed by atoms with E-state index in [2.05, 4.69) is 20.9 Å². The minimum Gasteiger partial charge on any atom is -0.391 e. The van der Waals surface area contributed by atoms with Crippen LogP contribution < -0.4 is 4.90 Å². The van der Waals surface area contributed by atoms with Crippen molar-refractivity contribution in [2.24, 2.45) is 0 Å². The maximum absolute atomic E-state index is 9.72. The van der Waals surface area contributed by atoms with E-state index in [1.54, 1.807) is 6.33 Å². The molecular weight excluding hydrogens is 230 g/mol. The number of anilines is 1. The predicted molar refractivity (Wildman–Crippen MR) is 67.7 cm³/mol. The lowest BCUT2D eigenvalue weighted by Crippen LogP contribution is -2.38. The van der Waals surface area contributed by atoms with Gasteiger partial charge in [0.05, 0.1) is 18.4 Å². The van der Waals surface area contributed by atoms with Crippen molar-refractivity contribution in [3.8, 4) is 0 Å². The van der Waals surface area contributed by atoms with E-state index in [0.717, 1.165) is 50.5 Å². The maximum atomic E-state index is 9.72. The predicted octanol–water partition coefficient (Wildman–Crippen LogP) is 0.942. The smallest absolute Gasteiger partial charge is 0.132 e. The van der Waals surface area contributed by atoms with Crippen LogP contribution >= 0.6 is 0 Å². The molecule has 2 aliphatic rings. The zero-order valence-corrected chi connectivity index (χ0v) is 10.5. The Morgan fingerprint density at radius 2 is 2.28 bits per heavy atom. The second kappa shape index (κ2) is 5.20. The molecule has 0 aromatic carbocycles. The van der Waals surface area contributed by atoms with Crippen LogP contribution in [0.1, 0.15) is 30.9 Å². The van der Waals surface area contributed by atoms with E-state index in [4.69, 9.17) is 4.74 Å². The van der Waals surface area contributed by atoms with Gasteiger partial charge in [0.25, 0.3) is 0 Å². The Hall–Kier alpha value is -1.20. The number of aromatic nitrogens is 2. The summed E-state index contributed by atoms with van der Waals surface area (Å²) in [6.07, 6.45) is 4.35. The van der Waals surface area contributed by atoms with E-state index in [-0.39, 0.29) is 6.10 Å². The normalized spacial score (nSPS) is 28.6. The first-order valence-electron chi connectivity index (χ1n) is 6.65. The Kier molecular flexibility index (Phi) is 3.43. The molecule has 1 aromatic heterocycles. The van der Waals surface area contributed by atoms with Gasteiger partial charge >= 0.3 is 0 Å². The fourth-order valence-corrected chi connectivity index (χ4v) is 2.69. The van der Waals surface area contributed by atoms with Crippen LogP contribution in [-0.4, -0.2) is 47.5 Å². The fraction of sp³-hybridized carbons (Fsp3) is 0.692. The van der Waals surface area contributed by atoms with Crippen LogP contribution in [0.3, 0.4) is 0 Å². The molecule has 2 aliphatic heterocycles. The van der Waals surface area contributed by atoms with Crippen molar-refractivity contribution in [3.05, 3.63) is 18.1 Å². The summed E-state index contributed by atoms with van der Waals surface area (Å²) < 4.78 is 5.40. The van der Waals surface area contributed by atoms with Crippen molar-refractivity contribution in [1.82, 2.24) is 9.97 Å². The Morgan fingerprint density at radius 3 is 3.06 bits per heavy atom. The van der Waals surface area contributed by atoms with Gasteiger partial charge < -0.3 is 14.7 Å². The number of piperidine rings is 1. The Morgan fingerprint density at radius 1 is 1.33 bits per heavy atom. The van der Waals surface area contributed by atoms with Crippen LogP contribution in [0.15, 0.2) is 12.4 Å². The van der Waals surface area contributed by atoms with E-state index < -0.39 is 0 Å². The number of nitrogens with zero attached hydrogens (tertiary/aromatic N) is 3. The summed E-state index contributed by atoms with van der Waals surface area (Å²) in [5.74, 6) is 1.34. The van der Waals surface area contributed by atoms with Gasteiger partial charge in [0, 0.05) is 31.7 Å². The number of hydrogen-bond donors (Lipinski definition) is 1. The van der Waals surface area contributed by atoms with Gasteiger partial charge in [-0.1, -0.05) is 0 Å². The number of ether oxygens (including phenoxy) is 1. The lowest BCUT2D eigenvalue weighted by Gasteiger charge is -2.31. The summed E-state index contributed by atoms with van der Waals surface area (Å²) in [4.78, 5) is 10.8. The second-order valence-corrected chi connectivity index (χ2v) is 5.10. The van der Waals surface area contributed by atoms with Gasteiger partial charge in [-0.25, -0.2) is 9.97 Å². The topological polar surface area (TPSA) is 58.5 Å². The Labute approximate surface area is 107 Å². The van der Waals surface area contributed by atoms with Crippen molar-refractivity contribution in [1.29, 1.82) is 0 Å². The third kappa shape index (κ3) is 2.47. The largest absolute Gasteiger partial charge is 0.391 e. The second-order valence-electron chi connectivity index (χ2n) is 5.10. The molecule has 1 N–H and O–H groups in total. The molecule has 3 rings (SSSR count). The van der Waals surface area contributed by atoms with E-state index in [1.807, 2.05) is 0 Å². The van der Waals surface area contributed by atoms with Crippen LogP contribution in [0.4, 0.5) is 5.82 Å². The highest BCUT2D eigenvalue weighted by molar-refractivity contribution is 5.40. The number of aliphatic hydroxyl groups is 1. The standard InChI is InChI=1S/C13H19N3O2/c17-11-2-1-4-16(7-11)13-6-12(14-9-15-13)10-3-5-18-8-10/h6,9-11,17H,1-5,7-8H2. The van der Waals surface area contributed by atoms with Crippen LogP contribution in [-0.2, 0) is 4.74 Å². The molecule has 2 saturated heterocycles. The molecule has 2 unspecified atom stereocenters. The highest BCUT2D eigenvalue weighted by Crippen LogP contribution is 2.26. The molecule has 0 amide bonds. The van der Waals surface area contributed by atoms with E-state index in [9.17, 15) is 5.11 Å². The monoisotopic (exact) mass is 249 g/mol. The molecule has 1 aromatic rings. The van der Waals surface area contributed by atoms with Gasteiger partial charge in [-0.2, -0.15) is 0 Å². The van der Waals surface area contributed by atoms with Crippen LogP contribution in [0.5, 0.6) is 0 Å². The van der Waals surface area contributed by atoms with Crippen molar-refractivity contribution >= 4 is 5.82 Å². The third-order valence-corrected chi connectivity index (χ3v) is 3.74. The number of β-amino-alcohol motifs (C(OH)–C–C–N with tert-alkyl or cyclic N) is 1. The molecule has 0 radical (unpaired) electrons. The first kappa shape index (κ1) is 11.9. The zero-order valence-electron chi connectivity index (χ0n) is 10.5. The maximum Gasteiger partial charge on any atom is 0.132 e. The molecule has 0 aliphatic carbocycles. The summed E-state index contributed by atoms with van der Waals surface area (Å²) in [5.41, 5.74) is 1.07. The average molecular weight is 249 g/mol. The minimum absolute atomic E-state index is 0.230. The van der Waals surface area contributed by atoms with Crippen molar-refractivity contribution in [3.63, 3.8) is 0 Å². The number of aliphatic hydroxyl groups excluding tert-OH is 1. The van der Waals surface area contributed by atoms with Crippen LogP contribution in [0.2, 0.25) is 0 Å². The molecule has 98 valence electrons. The van der Waals surface area contributed by atoms with Gasteiger partial charge in [-0.05, 0) is 19.3 Å². The van der Waals surface area contributed by atoms with Crippen molar-refractivity contribution in [2.75, 3.05) is 31.2 Å². The molecular formula is C13H19N3O2. The van der Waals surface area contributed by atoms with Crippen LogP contribution in [0.25, 0.3) is 0 Å². The van der Waals surface area contributed by atoms with E-state index in [0.29, 0.717) is 12.5 Å². The van der Waals surface area contributed by atoms with E-state index in [1.165, 1.54) is 0 Å². The summed E-state index contributed by atoms with van der Waals surface area (Å²) >= 11 is 0. The third-order valence-electron chi connectivity index (χ3n) is 3.74. The minimum atomic E-state index is -0.230. The van der Waals surface area contributed by atoms with Gasteiger partial charge in [0.2, 0.25) is 0 Å². The highest BCUT2D eigenvalue weighted by atomic mass is 16.5. The number of hydrogen-bond acceptors (Lipinski definition) is 5. The lowest BCUT2D eigenvalue weighted by atomic mass is 10.0. The average Bonchev–Trinajstić information content (AvgIpc) is 2.93. The summed E-state index contributed by atoms with van der Waals surface area (Å²) in [5, 5.41) is 9.72. The Bertz CT molecular complexity index is 407. The van der Waals surface area contributed by atoms with Gasteiger partial charge in [-0.15, -0.1) is 0 Å². The molecule has 5 heteroatoms. The van der Waals surface area contributed by atoms with E-state index >= 15 is 0 Å². The van der Waals surface area contributed by atoms with Gasteiger partial charge in [0.1, 0.15) is 12.1 Å². The molecule has 0 spiro atoms. The SMILES string of the molecule is OC1CCCN(c2cc(C3CCOC3)ncn2)C1. The molecule has 3 heterocycles. The summed E-state index contributed by atoms with van der Waals surface area (Å²) in [7, 11) is 0. The molecule has 5 nitrogen and oxygen atoms in total. The quantitative estimate of drug-likeness (QED) is 0.845. The highest BCUT2D eigenvalue weighted by Gasteiger charge is 2.22. The Balaban J connectivity index is 1.77. The lowest BCUT2D eigenvalue weighted by molar-refractivity contribution is 0.154. The molecule has 2 atom stereocenters. The van der Waals surface area contributed by atoms with Crippen molar-refractivity contribution in [2.45, 2.75) is 31.3 Å². The van der Waals surface area contributed by atoms with Crippen molar-refractivity contribution < 1.29 is 9.84 Å². The molecule has 2 fully saturated rings. The molecule has 0 saturated carbocycles. The summed E-state index contributed by atoms with van der Waals surface area (Å²) in [6.45, 7) is 3.23. The zero-order chi connectivity index (χ0) is 12.4. The molecule has 0 bridgehead atoms. The van der Waals surface area contributed by atoms with Gasteiger partial charge in [-0.3, -0.25) is 0 Å². The molecule has 18 heavy (non-hydrogen) atoms. The first-order valence-corrected chi connectivity index (χ1v) is 6.65. The first-order chi connectivity index (χ1) is 8.83.